The Kier molecular flexibility index (Phi) is 3.75. The molecule has 0 bridgehead atoms. The lowest BCUT2D eigenvalue weighted by Crippen LogP contribution is -2.38. The number of thioether (sulfide) groups is 1. The van der Waals surface area contributed by atoms with Crippen molar-refractivity contribution in [3.05, 3.63) is 29.3 Å². The molecule has 0 aromatic heterocycles. The molecule has 1 aliphatic heterocycles. The van der Waals surface area contributed by atoms with Crippen LogP contribution in [0.1, 0.15) is 15.9 Å². The highest BCUT2D eigenvalue weighted by Crippen LogP contribution is 2.19. The lowest BCUT2D eigenvalue weighted by Gasteiger charge is -2.12. The van der Waals surface area contributed by atoms with Gasteiger partial charge in [-0.05, 0) is 19.1 Å². The molecule has 1 fully saturated rings. The van der Waals surface area contributed by atoms with E-state index in [1.165, 1.54) is 6.07 Å². The smallest absolute Gasteiger partial charge is 0.337 e. The molecular weight excluding hydrogens is 268 g/mol. The third-order valence-electron chi connectivity index (χ3n) is 2.65. The second kappa shape index (κ2) is 5.31. The topological polar surface area (TPSA) is 95.5 Å². The first-order chi connectivity index (χ1) is 8.97. The van der Waals surface area contributed by atoms with E-state index in [-0.39, 0.29) is 16.5 Å². The Morgan fingerprint density at radius 3 is 2.79 bits per heavy atom. The molecule has 1 aliphatic rings. The number of carboxylic acids is 1. The largest absolute Gasteiger partial charge is 0.478 e. The van der Waals surface area contributed by atoms with E-state index in [9.17, 15) is 14.4 Å². The molecule has 2 amide bonds. The van der Waals surface area contributed by atoms with E-state index in [0.717, 1.165) is 17.3 Å². The van der Waals surface area contributed by atoms with E-state index >= 15 is 0 Å². The Hall–Kier alpha value is -2.02. The van der Waals surface area contributed by atoms with Crippen molar-refractivity contribution in [3.63, 3.8) is 0 Å². The maximum absolute atomic E-state index is 11.9. The molecule has 7 heteroatoms. The number of anilines is 1. The molecule has 1 unspecified atom stereocenters. The fraction of sp³-hybridized carbons (Fsp3) is 0.250. The molecule has 1 aromatic carbocycles. The van der Waals surface area contributed by atoms with Gasteiger partial charge in [0.15, 0.2) is 0 Å². The summed E-state index contributed by atoms with van der Waals surface area (Å²) in [5.74, 6) is -1.17. The number of benzene rings is 1. The van der Waals surface area contributed by atoms with Gasteiger partial charge in [-0.25, -0.2) is 4.79 Å². The van der Waals surface area contributed by atoms with Gasteiger partial charge in [-0.1, -0.05) is 23.4 Å². The average Bonchev–Trinajstić information content (AvgIpc) is 2.78. The van der Waals surface area contributed by atoms with Crippen LogP contribution >= 0.6 is 11.8 Å². The SMILES string of the molecule is Cc1ccc(NC(=O)C2CSC(=O)N2)c(C(=O)O)c1. The van der Waals surface area contributed by atoms with Crippen molar-refractivity contribution in [1.82, 2.24) is 5.32 Å². The molecule has 1 atom stereocenters. The van der Waals surface area contributed by atoms with Crippen LogP contribution in [0, 0.1) is 6.92 Å². The van der Waals surface area contributed by atoms with E-state index in [0.29, 0.717) is 5.75 Å². The summed E-state index contributed by atoms with van der Waals surface area (Å²) < 4.78 is 0. The van der Waals surface area contributed by atoms with Gasteiger partial charge in [0.05, 0.1) is 11.3 Å². The monoisotopic (exact) mass is 280 g/mol. The van der Waals surface area contributed by atoms with Gasteiger partial charge in [-0.15, -0.1) is 0 Å². The normalized spacial score (nSPS) is 17.9. The van der Waals surface area contributed by atoms with Gasteiger partial charge in [0, 0.05) is 5.75 Å². The van der Waals surface area contributed by atoms with Crippen molar-refractivity contribution < 1.29 is 19.5 Å². The van der Waals surface area contributed by atoms with E-state index < -0.39 is 17.9 Å². The molecule has 1 aromatic rings. The number of carbonyl (C=O) groups is 3. The van der Waals surface area contributed by atoms with Gasteiger partial charge in [-0.2, -0.15) is 0 Å². The van der Waals surface area contributed by atoms with Crippen LogP contribution in [0.3, 0.4) is 0 Å². The Labute approximate surface area is 113 Å². The predicted octanol–water partition coefficient (Wildman–Crippen LogP) is 1.46. The molecule has 0 radical (unpaired) electrons. The van der Waals surface area contributed by atoms with E-state index in [1.807, 2.05) is 0 Å². The summed E-state index contributed by atoms with van der Waals surface area (Å²) in [6.07, 6.45) is 0. The van der Waals surface area contributed by atoms with Crippen LogP contribution in [0.25, 0.3) is 0 Å². The standard InChI is InChI=1S/C12H12N2O4S/c1-6-2-3-8(7(4-6)11(16)17)13-10(15)9-5-19-12(18)14-9/h2-4,9H,5H2,1H3,(H,13,15)(H,14,18)(H,16,17). The summed E-state index contributed by atoms with van der Waals surface area (Å²) in [4.78, 5) is 34.0. The summed E-state index contributed by atoms with van der Waals surface area (Å²) in [5.41, 5.74) is 1.06. The number of amides is 2. The van der Waals surface area contributed by atoms with Crippen molar-refractivity contribution in [3.8, 4) is 0 Å². The minimum Gasteiger partial charge on any atom is -0.478 e. The third-order valence-corrected chi connectivity index (χ3v) is 3.53. The quantitative estimate of drug-likeness (QED) is 0.779. The summed E-state index contributed by atoms with van der Waals surface area (Å²) in [6.45, 7) is 1.77. The van der Waals surface area contributed by atoms with Crippen LogP contribution in [0.4, 0.5) is 10.5 Å². The number of rotatable bonds is 3. The van der Waals surface area contributed by atoms with Gasteiger partial charge in [0.2, 0.25) is 5.91 Å². The van der Waals surface area contributed by atoms with Gasteiger partial charge >= 0.3 is 5.97 Å². The fourth-order valence-electron chi connectivity index (χ4n) is 1.69. The zero-order valence-electron chi connectivity index (χ0n) is 10.1. The van der Waals surface area contributed by atoms with Gasteiger partial charge in [-0.3, -0.25) is 9.59 Å². The lowest BCUT2D eigenvalue weighted by atomic mass is 10.1. The van der Waals surface area contributed by atoms with Crippen molar-refractivity contribution in [1.29, 1.82) is 0 Å². The zero-order chi connectivity index (χ0) is 14.0. The maximum Gasteiger partial charge on any atom is 0.337 e. The number of hydrogen-bond acceptors (Lipinski definition) is 4. The summed E-state index contributed by atoms with van der Waals surface area (Å²) in [5, 5.41) is 13.9. The van der Waals surface area contributed by atoms with Crippen LogP contribution in [0.2, 0.25) is 0 Å². The molecule has 1 heterocycles. The highest BCUT2D eigenvalue weighted by atomic mass is 32.2. The number of carboxylic acid groups (broad SMARTS) is 1. The molecule has 19 heavy (non-hydrogen) atoms. The van der Waals surface area contributed by atoms with Crippen LogP contribution in [-0.4, -0.2) is 34.0 Å². The Bertz CT molecular complexity index is 559. The van der Waals surface area contributed by atoms with E-state index in [1.54, 1.807) is 19.1 Å². The van der Waals surface area contributed by atoms with Gasteiger partial charge in [0.1, 0.15) is 6.04 Å². The summed E-state index contributed by atoms with van der Waals surface area (Å²) in [6, 6.07) is 4.12. The van der Waals surface area contributed by atoms with Crippen molar-refractivity contribution in [2.45, 2.75) is 13.0 Å². The summed E-state index contributed by atoms with van der Waals surface area (Å²) >= 11 is 1.03. The molecule has 3 N–H and O–H groups in total. The molecular formula is C12H12N2O4S. The van der Waals surface area contributed by atoms with Crippen molar-refractivity contribution in [2.24, 2.45) is 0 Å². The molecule has 100 valence electrons. The fourth-order valence-corrected chi connectivity index (χ4v) is 2.47. The minimum atomic E-state index is -1.11. The molecule has 0 saturated carbocycles. The third kappa shape index (κ3) is 3.05. The van der Waals surface area contributed by atoms with Crippen LogP contribution in [-0.2, 0) is 4.79 Å². The second-order valence-electron chi connectivity index (χ2n) is 4.14. The molecule has 2 rings (SSSR count). The number of carbonyl (C=O) groups excluding carboxylic acids is 2. The number of hydrogen-bond donors (Lipinski definition) is 3. The van der Waals surface area contributed by atoms with Crippen molar-refractivity contribution >= 4 is 34.6 Å². The maximum atomic E-state index is 11.9. The van der Waals surface area contributed by atoms with E-state index in [4.69, 9.17) is 5.11 Å². The first-order valence-electron chi connectivity index (χ1n) is 5.55. The Morgan fingerprint density at radius 2 is 2.21 bits per heavy atom. The molecule has 1 saturated heterocycles. The highest BCUT2D eigenvalue weighted by Gasteiger charge is 2.28. The van der Waals surface area contributed by atoms with Gasteiger partial charge in [0.25, 0.3) is 5.24 Å². The minimum absolute atomic E-state index is 0.0327. The van der Waals surface area contributed by atoms with Crippen LogP contribution in [0.5, 0.6) is 0 Å². The van der Waals surface area contributed by atoms with Crippen LogP contribution < -0.4 is 10.6 Å². The van der Waals surface area contributed by atoms with Gasteiger partial charge < -0.3 is 15.7 Å². The lowest BCUT2D eigenvalue weighted by molar-refractivity contribution is -0.117. The highest BCUT2D eigenvalue weighted by molar-refractivity contribution is 8.14. The Balaban J connectivity index is 2.17. The average molecular weight is 280 g/mol. The Morgan fingerprint density at radius 1 is 1.47 bits per heavy atom. The molecule has 0 aliphatic carbocycles. The summed E-state index contributed by atoms with van der Waals surface area (Å²) in [7, 11) is 0. The second-order valence-corrected chi connectivity index (χ2v) is 5.13. The predicted molar refractivity (Wildman–Crippen MR) is 71.5 cm³/mol. The number of aryl methyl sites for hydroxylation is 1. The van der Waals surface area contributed by atoms with Crippen LogP contribution in [0.15, 0.2) is 18.2 Å². The zero-order valence-corrected chi connectivity index (χ0v) is 10.9. The molecule has 0 spiro atoms. The first kappa shape index (κ1) is 13.4. The number of aromatic carboxylic acids is 1. The molecule has 6 nitrogen and oxygen atoms in total. The number of nitrogens with one attached hydrogen (secondary N) is 2. The van der Waals surface area contributed by atoms with E-state index in [2.05, 4.69) is 10.6 Å². The van der Waals surface area contributed by atoms with Crippen molar-refractivity contribution in [2.75, 3.05) is 11.1 Å². The first-order valence-corrected chi connectivity index (χ1v) is 6.54.